The van der Waals surface area contributed by atoms with Gasteiger partial charge in [0.15, 0.2) is 0 Å². The lowest BCUT2D eigenvalue weighted by Gasteiger charge is -3.00. The fourth-order valence-electron chi connectivity index (χ4n) is 18.7. The van der Waals surface area contributed by atoms with Gasteiger partial charge in [0, 0.05) is 35.8 Å². The monoisotopic (exact) mass is 484 g/mol. The molecule has 19 rings (SSSR count). The highest BCUT2D eigenvalue weighted by Gasteiger charge is 3.19. The summed E-state index contributed by atoms with van der Waals surface area (Å²) in [6.07, 6.45) is 2.54. The van der Waals surface area contributed by atoms with Crippen molar-refractivity contribution in [3.05, 3.63) is 41.9 Å². The van der Waals surface area contributed by atoms with Gasteiger partial charge >= 0.3 is 22.8 Å². The first kappa shape index (κ1) is 16.3. The minimum absolute atomic E-state index is 0.0482. The van der Waals surface area contributed by atoms with E-state index in [0.29, 0.717) is 47.3 Å². The van der Waals surface area contributed by atoms with E-state index in [9.17, 15) is 19.2 Å². The van der Waals surface area contributed by atoms with E-state index in [-0.39, 0.29) is 68.6 Å². The molecule has 0 saturated heterocycles. The predicted octanol–water partition coefficient (Wildman–Crippen LogP) is -1.07. The van der Waals surface area contributed by atoms with Gasteiger partial charge in [0.2, 0.25) is 0 Å². The van der Waals surface area contributed by atoms with Gasteiger partial charge in [0.1, 0.15) is 0 Å². The molecule has 4 spiro atoms. The third-order valence-electron chi connectivity index (χ3n) is 16.9. The Bertz CT molecular complexity index is 1680. The zero-order chi connectivity index (χ0) is 23.3. The average molecular weight is 485 g/mol. The molecule has 10 nitrogen and oxygen atoms in total. The number of hydrogen-bond acceptors (Lipinski definition) is 4. The zero-order valence-corrected chi connectivity index (χ0v) is 19.8. The van der Waals surface area contributed by atoms with Crippen molar-refractivity contribution < 1.29 is 0 Å². The topological polar surface area (TPSA) is 97.9 Å². The van der Waals surface area contributed by atoms with Crippen molar-refractivity contribution in [2.75, 3.05) is 0 Å². The average Bonchev–Trinajstić information content (AvgIpc) is 3.62. The van der Waals surface area contributed by atoms with Crippen molar-refractivity contribution in [1.29, 1.82) is 0 Å². The van der Waals surface area contributed by atoms with E-state index in [2.05, 4.69) is 0 Å². The third kappa shape index (κ3) is 0.750. The first-order valence-corrected chi connectivity index (χ1v) is 14.2. The van der Waals surface area contributed by atoms with Gasteiger partial charge in [-0.15, -0.1) is 0 Å². The molecular formula is C26H24N6O4. The Balaban J connectivity index is 1.29. The van der Waals surface area contributed by atoms with Gasteiger partial charge in [-0.2, -0.15) is 0 Å². The first-order chi connectivity index (χ1) is 17.4. The second-order valence-electron chi connectivity index (χ2n) is 15.2. The molecular weight excluding hydrogens is 460 g/mol. The molecule has 182 valence electrons. The molecule has 0 aromatic carbocycles. The summed E-state index contributed by atoms with van der Waals surface area (Å²) in [6, 6.07) is 0.494. The van der Waals surface area contributed by atoms with E-state index in [0.717, 1.165) is 11.8 Å². The standard InChI is InChI=1S/C26H24N6O4/c1-27-19(33)29-15-11-12-14-13(11)17-25-7-3-5-9-6-4-8(10(7)9)26(25,18(14)32-22(36)28(2)21(35)31(17)32)24(6,23(5,15)25)16(12)30(29)20(27)34/h5-18H,3-4H2,1-2H3/t5-,6+,7+,8-,9?,10?,11?,12?,13?,14?,15-,16+,17+,18-,23?,24?,25?,26?. The summed E-state index contributed by atoms with van der Waals surface area (Å²) in [6.45, 7) is 0. The Labute approximate surface area is 202 Å². The van der Waals surface area contributed by atoms with Gasteiger partial charge < -0.3 is 0 Å². The van der Waals surface area contributed by atoms with Crippen LogP contribution in [0.25, 0.3) is 0 Å². The Morgan fingerprint density at radius 2 is 0.722 bits per heavy atom. The molecule has 0 N–H and O–H groups in total. The highest BCUT2D eigenvalue weighted by molar-refractivity contribution is 5.64. The van der Waals surface area contributed by atoms with E-state index >= 15 is 0 Å². The van der Waals surface area contributed by atoms with Crippen LogP contribution in [0.1, 0.15) is 37.0 Å². The molecule has 0 radical (unpaired) electrons. The highest BCUT2D eigenvalue weighted by Crippen LogP contribution is 3.20. The summed E-state index contributed by atoms with van der Waals surface area (Å²) < 4.78 is 10.7. The Morgan fingerprint density at radius 1 is 0.472 bits per heavy atom. The van der Waals surface area contributed by atoms with Gasteiger partial charge in [-0.1, -0.05) is 0 Å². The van der Waals surface area contributed by atoms with Gasteiger partial charge in [-0.3, -0.25) is 0 Å². The number of nitrogens with zero attached hydrogens (tertiary/aromatic N) is 6. The summed E-state index contributed by atoms with van der Waals surface area (Å²) in [5.74, 6) is 5.54. The normalized spacial score (nSPS) is 70.1. The van der Waals surface area contributed by atoms with Crippen LogP contribution in [0, 0.1) is 80.8 Å². The van der Waals surface area contributed by atoms with Crippen molar-refractivity contribution in [3.63, 3.8) is 0 Å². The second-order valence-corrected chi connectivity index (χ2v) is 15.2. The summed E-state index contributed by atoms with van der Waals surface area (Å²) in [7, 11) is 3.33. The third-order valence-corrected chi connectivity index (χ3v) is 16.9. The summed E-state index contributed by atoms with van der Waals surface area (Å²) in [4.78, 5) is 55.0. The quantitative estimate of drug-likeness (QED) is 0.476. The van der Waals surface area contributed by atoms with Crippen LogP contribution in [-0.4, -0.2) is 27.9 Å². The molecule has 6 heterocycles. The summed E-state index contributed by atoms with van der Waals surface area (Å²) in [5.41, 5.74) is -0.267. The Kier molecular flexibility index (Phi) is 1.60. The Hall–Kier alpha value is -2.52. The maximum atomic E-state index is 13.7. The lowest BCUT2D eigenvalue weighted by molar-refractivity contribution is -0.548. The van der Waals surface area contributed by atoms with Crippen LogP contribution in [-0.2, 0) is 14.1 Å². The molecule has 17 aliphatic rings. The van der Waals surface area contributed by atoms with Gasteiger partial charge in [-0.25, -0.2) is 47.0 Å². The maximum Gasteiger partial charge on any atom is 0.347 e. The van der Waals surface area contributed by atoms with E-state index in [4.69, 9.17) is 0 Å². The molecule has 18 bridgehead atoms. The number of aromatic nitrogens is 6. The van der Waals surface area contributed by atoms with Crippen LogP contribution >= 0.6 is 0 Å². The molecule has 13 fully saturated rings. The lowest BCUT2D eigenvalue weighted by atomic mass is 9.06. The Morgan fingerprint density at radius 3 is 0.972 bits per heavy atom. The second kappa shape index (κ2) is 3.53. The van der Waals surface area contributed by atoms with Crippen LogP contribution in [0.4, 0.5) is 0 Å². The maximum absolute atomic E-state index is 13.7. The molecule has 10 atom stereocenters. The van der Waals surface area contributed by atoms with Crippen LogP contribution in [0.2, 0.25) is 0 Å². The molecule has 36 heavy (non-hydrogen) atoms. The van der Waals surface area contributed by atoms with Crippen LogP contribution in [0.3, 0.4) is 0 Å². The van der Waals surface area contributed by atoms with Crippen LogP contribution in [0.5, 0.6) is 0 Å². The minimum Gasteiger partial charge on any atom is -0.246 e. The molecule has 0 amide bonds. The highest BCUT2D eigenvalue weighted by atomic mass is 16.2. The van der Waals surface area contributed by atoms with E-state index < -0.39 is 0 Å². The SMILES string of the molecule is Cn1c(=O)n2n(c1=O)[C@@H]1C3C4C5C3[C@@H]3n6c(=O)n(C)c(=O)n6[C@H]5C56[C@@H]7C[C@H]8C9C7[C@@H]7C[C@H]9C1(C85[C@H]42)C376. The van der Waals surface area contributed by atoms with Gasteiger partial charge in [-0.05, 0) is 72.0 Å². The summed E-state index contributed by atoms with van der Waals surface area (Å²) in [5, 5.41) is 0. The first-order valence-electron chi connectivity index (χ1n) is 14.2. The van der Waals surface area contributed by atoms with Crippen molar-refractivity contribution in [2.24, 2.45) is 94.9 Å². The molecule has 13 aliphatic carbocycles. The largest absolute Gasteiger partial charge is 0.347 e. The minimum atomic E-state index is -0.115. The molecule has 2 aromatic rings. The number of hydrogen-bond donors (Lipinski definition) is 0. The van der Waals surface area contributed by atoms with Crippen molar-refractivity contribution >= 4 is 0 Å². The van der Waals surface area contributed by atoms with Crippen molar-refractivity contribution in [1.82, 2.24) is 27.9 Å². The van der Waals surface area contributed by atoms with Gasteiger partial charge in [0.25, 0.3) is 0 Å². The number of rotatable bonds is 0. The fraction of sp³-hybridized carbons (Fsp3) is 0.846. The van der Waals surface area contributed by atoms with E-state index in [1.807, 2.05) is 18.7 Å². The van der Waals surface area contributed by atoms with Crippen LogP contribution < -0.4 is 22.8 Å². The van der Waals surface area contributed by atoms with Crippen molar-refractivity contribution in [3.8, 4) is 0 Å². The molecule has 4 aliphatic heterocycles. The molecule has 2 aromatic heterocycles. The lowest BCUT2D eigenvalue weighted by Crippen LogP contribution is -3.00. The molecule has 13 saturated carbocycles. The predicted molar refractivity (Wildman–Crippen MR) is 118 cm³/mol. The van der Waals surface area contributed by atoms with Crippen molar-refractivity contribution in [2.45, 2.75) is 37.0 Å². The van der Waals surface area contributed by atoms with E-state index in [1.165, 1.54) is 22.0 Å². The van der Waals surface area contributed by atoms with Crippen LogP contribution in [0.15, 0.2) is 19.2 Å². The molecule has 10 heteroatoms. The zero-order valence-electron chi connectivity index (χ0n) is 19.8. The molecule has 2 unspecified atom stereocenters. The van der Waals surface area contributed by atoms with E-state index in [1.54, 1.807) is 14.1 Å². The fourth-order valence-corrected chi connectivity index (χ4v) is 18.7. The van der Waals surface area contributed by atoms with Gasteiger partial charge in [0.05, 0.1) is 24.2 Å². The smallest absolute Gasteiger partial charge is 0.246 e. The summed E-state index contributed by atoms with van der Waals surface area (Å²) >= 11 is 0.